The van der Waals surface area contributed by atoms with Gasteiger partial charge in [0.2, 0.25) is 12.3 Å². The van der Waals surface area contributed by atoms with E-state index in [-0.39, 0.29) is 31.4 Å². The first-order valence-electron chi connectivity index (χ1n) is 12.2. The molecule has 0 saturated carbocycles. The molecule has 1 aromatic heterocycles. The van der Waals surface area contributed by atoms with Crippen LogP contribution in [0.2, 0.25) is 5.02 Å². The summed E-state index contributed by atoms with van der Waals surface area (Å²) in [7, 11) is 0. The molecule has 5 N–H and O–H groups in total. The Labute approximate surface area is 217 Å². The summed E-state index contributed by atoms with van der Waals surface area (Å²) in [6.07, 6.45) is 0.988. The smallest absolute Gasteiger partial charge is 0.326 e. The van der Waals surface area contributed by atoms with E-state index in [2.05, 4.69) is 20.9 Å². The van der Waals surface area contributed by atoms with Crippen molar-refractivity contribution in [1.82, 2.24) is 15.6 Å². The van der Waals surface area contributed by atoms with Gasteiger partial charge in [0, 0.05) is 54.6 Å². The number of nitrogens with one attached hydrogen (secondary N) is 3. The largest absolute Gasteiger partial charge is 0.465 e. The Morgan fingerprint density at radius 3 is 2.50 bits per heavy atom. The van der Waals surface area contributed by atoms with Gasteiger partial charge in [-0.15, -0.1) is 0 Å². The lowest BCUT2D eigenvalue weighted by molar-refractivity contribution is -0.162. The van der Waals surface area contributed by atoms with Gasteiger partial charge in [0.1, 0.15) is 5.54 Å². The molecule has 2 atom stereocenters. The normalized spacial score (nSPS) is 13.9. The highest BCUT2D eigenvalue weighted by atomic mass is 35.5. The molecule has 0 fully saturated rings. The number of ether oxygens (including phenoxy) is 3. The molecule has 10 nitrogen and oxygen atoms in total. The van der Waals surface area contributed by atoms with Gasteiger partial charge in [-0.1, -0.05) is 11.6 Å². The lowest BCUT2D eigenvalue weighted by atomic mass is 9.88. The summed E-state index contributed by atoms with van der Waals surface area (Å²) in [5.41, 5.74) is 6.58. The first-order valence-corrected chi connectivity index (χ1v) is 12.6. The molecule has 0 bridgehead atoms. The third-order valence-corrected chi connectivity index (χ3v) is 5.59. The number of nitrogens with zero attached hydrogens (tertiary/aromatic N) is 1. The first-order chi connectivity index (χ1) is 17.2. The van der Waals surface area contributed by atoms with Gasteiger partial charge in [0.05, 0.1) is 18.5 Å². The summed E-state index contributed by atoms with van der Waals surface area (Å²) < 4.78 is 16.2. The van der Waals surface area contributed by atoms with Crippen LogP contribution < -0.4 is 21.7 Å². The van der Waals surface area contributed by atoms with Gasteiger partial charge in [-0.25, -0.2) is 0 Å². The minimum absolute atomic E-state index is 0.152. The van der Waals surface area contributed by atoms with E-state index < -0.39 is 17.9 Å². The quantitative estimate of drug-likeness (QED) is 0.149. The van der Waals surface area contributed by atoms with E-state index >= 15 is 0 Å². The number of benzene rings is 1. The van der Waals surface area contributed by atoms with E-state index in [1.807, 2.05) is 32.9 Å². The number of nitrogens with two attached hydrogens (primary N) is 1. The van der Waals surface area contributed by atoms with Crippen molar-refractivity contribution in [2.75, 3.05) is 38.2 Å². The molecule has 0 aliphatic rings. The molecule has 0 saturated heterocycles. The third-order valence-electron chi connectivity index (χ3n) is 5.35. The van der Waals surface area contributed by atoms with E-state index in [0.29, 0.717) is 31.3 Å². The Kier molecular flexibility index (Phi) is 12.3. The molecule has 0 spiro atoms. The molecular formula is C25H38ClN5O5. The zero-order chi connectivity index (χ0) is 26.6. The molecule has 0 aliphatic carbocycles. The van der Waals surface area contributed by atoms with Crippen LogP contribution in [0.25, 0.3) is 10.9 Å². The van der Waals surface area contributed by atoms with E-state index in [9.17, 15) is 9.59 Å². The van der Waals surface area contributed by atoms with Crippen LogP contribution in [0.15, 0.2) is 30.5 Å². The van der Waals surface area contributed by atoms with Crippen molar-refractivity contribution in [1.29, 1.82) is 0 Å². The molecule has 0 radical (unpaired) electrons. The average molecular weight is 524 g/mol. The third kappa shape index (κ3) is 9.18. The van der Waals surface area contributed by atoms with Crippen molar-refractivity contribution in [3.05, 3.63) is 35.5 Å². The van der Waals surface area contributed by atoms with Crippen molar-refractivity contribution in [3.63, 3.8) is 0 Å². The highest BCUT2D eigenvalue weighted by Crippen LogP contribution is 2.24. The predicted octanol–water partition coefficient (Wildman–Crippen LogP) is 2.79. The Bertz CT molecular complexity index is 988. The number of fused-ring (bicyclic) bond motifs is 1. The summed E-state index contributed by atoms with van der Waals surface area (Å²) in [5.74, 6) is -0.977. The molecule has 2 aromatic rings. The van der Waals surface area contributed by atoms with Gasteiger partial charge >= 0.3 is 5.97 Å². The molecule has 2 rings (SSSR count). The minimum Gasteiger partial charge on any atom is -0.465 e. The standard InChI is InChI=1S/C25H38ClN5O5/c1-5-34-23(33)25(27,15-17(4)31-24(35-6-2)36-7-3)16-22(32)30-13-12-29-20-10-11-28-21-14-18(26)8-9-19(20)21/h8-11,14,17,24,31H,5-7,12-13,15-16,27H2,1-4H3,(H,28,29)(H,30,32). The molecule has 1 amide bonds. The number of pyridine rings is 1. The highest BCUT2D eigenvalue weighted by Gasteiger charge is 2.39. The fourth-order valence-electron chi connectivity index (χ4n) is 3.81. The molecular weight excluding hydrogens is 486 g/mol. The molecule has 200 valence electrons. The molecule has 1 heterocycles. The Balaban J connectivity index is 1.93. The number of carbonyl (C=O) groups excluding carboxylic acids is 2. The van der Waals surface area contributed by atoms with Crippen molar-refractivity contribution in [3.8, 4) is 0 Å². The topological polar surface area (TPSA) is 137 Å². The zero-order valence-electron chi connectivity index (χ0n) is 21.4. The maximum atomic E-state index is 12.7. The second-order valence-electron chi connectivity index (χ2n) is 8.36. The number of halogens is 1. The van der Waals surface area contributed by atoms with Crippen LogP contribution >= 0.6 is 11.6 Å². The minimum atomic E-state index is -1.51. The van der Waals surface area contributed by atoms with E-state index in [4.69, 9.17) is 31.5 Å². The van der Waals surface area contributed by atoms with Crippen molar-refractivity contribution in [2.24, 2.45) is 5.73 Å². The summed E-state index contributed by atoms with van der Waals surface area (Å²) in [5, 5.41) is 10.8. The molecule has 0 aliphatic heterocycles. The number of hydrogen-bond acceptors (Lipinski definition) is 9. The molecule has 1 aromatic carbocycles. The predicted molar refractivity (Wildman–Crippen MR) is 141 cm³/mol. The fourth-order valence-corrected chi connectivity index (χ4v) is 3.98. The van der Waals surface area contributed by atoms with Crippen LogP contribution in [0.4, 0.5) is 5.69 Å². The number of esters is 1. The second kappa shape index (κ2) is 14.9. The number of rotatable bonds is 16. The SMILES string of the molecule is CCOC(=O)C(N)(CC(=O)NCCNc1ccnc2cc(Cl)ccc12)CC(C)NC(OCC)OCC. The summed E-state index contributed by atoms with van der Waals surface area (Å²) in [6.45, 7) is 9.13. The number of anilines is 1. The van der Waals surface area contributed by atoms with Crippen LogP contribution in [0.5, 0.6) is 0 Å². The van der Waals surface area contributed by atoms with Gasteiger partial charge < -0.3 is 30.6 Å². The lowest BCUT2D eigenvalue weighted by Crippen LogP contribution is -2.56. The van der Waals surface area contributed by atoms with Crippen molar-refractivity contribution < 1.29 is 23.8 Å². The molecule has 11 heteroatoms. The Morgan fingerprint density at radius 1 is 1.11 bits per heavy atom. The second-order valence-corrected chi connectivity index (χ2v) is 8.80. The first kappa shape index (κ1) is 29.7. The molecule has 2 unspecified atom stereocenters. The van der Waals surface area contributed by atoms with Gasteiger partial charge in [-0.2, -0.15) is 0 Å². The van der Waals surface area contributed by atoms with Crippen LogP contribution in [-0.4, -0.2) is 67.8 Å². The number of amides is 1. The van der Waals surface area contributed by atoms with Crippen LogP contribution in [-0.2, 0) is 23.8 Å². The Hall–Kier alpha value is -2.50. The van der Waals surface area contributed by atoms with Crippen molar-refractivity contribution >= 4 is 40.1 Å². The number of hydrogen-bond donors (Lipinski definition) is 4. The van der Waals surface area contributed by atoms with Crippen LogP contribution in [0.3, 0.4) is 0 Å². The van der Waals surface area contributed by atoms with Gasteiger partial charge in [-0.3, -0.25) is 19.9 Å². The highest BCUT2D eigenvalue weighted by molar-refractivity contribution is 6.31. The fraction of sp³-hybridized carbons (Fsp3) is 0.560. The van der Waals surface area contributed by atoms with Gasteiger partial charge in [0.25, 0.3) is 0 Å². The van der Waals surface area contributed by atoms with Crippen LogP contribution in [0.1, 0.15) is 40.5 Å². The van der Waals surface area contributed by atoms with Gasteiger partial charge in [-0.05, 0) is 58.4 Å². The summed E-state index contributed by atoms with van der Waals surface area (Å²) in [6, 6.07) is 7.06. The van der Waals surface area contributed by atoms with E-state index in [1.54, 1.807) is 25.3 Å². The van der Waals surface area contributed by atoms with Crippen molar-refractivity contribution in [2.45, 2.75) is 58.5 Å². The summed E-state index contributed by atoms with van der Waals surface area (Å²) in [4.78, 5) is 29.7. The lowest BCUT2D eigenvalue weighted by Gasteiger charge is -2.31. The summed E-state index contributed by atoms with van der Waals surface area (Å²) >= 11 is 6.04. The average Bonchev–Trinajstić information content (AvgIpc) is 2.82. The monoisotopic (exact) mass is 523 g/mol. The van der Waals surface area contributed by atoms with Gasteiger partial charge in [0.15, 0.2) is 0 Å². The molecule has 36 heavy (non-hydrogen) atoms. The van der Waals surface area contributed by atoms with Crippen LogP contribution in [0, 0.1) is 0 Å². The van der Waals surface area contributed by atoms with E-state index in [0.717, 1.165) is 16.6 Å². The zero-order valence-corrected chi connectivity index (χ0v) is 22.2. The Morgan fingerprint density at radius 2 is 1.83 bits per heavy atom. The maximum Gasteiger partial charge on any atom is 0.326 e. The number of aromatic nitrogens is 1. The maximum absolute atomic E-state index is 12.7. The number of carbonyl (C=O) groups is 2. The van der Waals surface area contributed by atoms with E-state index in [1.165, 1.54) is 0 Å².